The number of piperidine rings is 1. The van der Waals surface area contributed by atoms with Crippen LogP contribution in [0.1, 0.15) is 36.9 Å². The van der Waals surface area contributed by atoms with Crippen LogP contribution in [0.25, 0.3) is 0 Å². The predicted molar refractivity (Wildman–Crippen MR) is 129 cm³/mol. The first-order valence-electron chi connectivity index (χ1n) is 12.1. The van der Waals surface area contributed by atoms with E-state index in [9.17, 15) is 19.2 Å². The molecule has 0 unspecified atom stereocenters. The van der Waals surface area contributed by atoms with Gasteiger partial charge in [-0.1, -0.05) is 35.9 Å². The molecule has 3 aliphatic heterocycles. The Kier molecular flexibility index (Phi) is 7.23. The number of likely N-dealkylation sites (tertiary alicyclic amines) is 1. The molecule has 1 saturated heterocycles. The van der Waals surface area contributed by atoms with E-state index < -0.39 is 6.04 Å². The summed E-state index contributed by atoms with van der Waals surface area (Å²) in [4.78, 5) is 56.1. The van der Waals surface area contributed by atoms with Gasteiger partial charge in [-0.3, -0.25) is 19.3 Å². The Morgan fingerprint density at radius 3 is 2.49 bits per heavy atom. The fraction of sp³-hybridized carbons (Fsp3) is 0.462. The summed E-state index contributed by atoms with van der Waals surface area (Å²) in [5.74, 6) is -0.828. The Morgan fingerprint density at radius 1 is 1.17 bits per heavy atom. The number of urea groups is 1. The molecule has 0 aromatic heterocycles. The van der Waals surface area contributed by atoms with Gasteiger partial charge in [0.05, 0.1) is 36.4 Å². The maximum Gasteiger partial charge on any atom is 0.322 e. The van der Waals surface area contributed by atoms with E-state index in [1.165, 1.54) is 9.80 Å². The third-order valence-electron chi connectivity index (χ3n) is 6.81. The Labute approximate surface area is 205 Å². The highest BCUT2D eigenvalue weighted by molar-refractivity contribution is 6.03. The molecule has 0 radical (unpaired) electrons. The molecule has 3 heterocycles. The van der Waals surface area contributed by atoms with Crippen LogP contribution in [-0.4, -0.2) is 77.8 Å². The van der Waals surface area contributed by atoms with Crippen LogP contribution in [0.3, 0.4) is 0 Å². The summed E-state index contributed by atoms with van der Waals surface area (Å²) in [7, 11) is 0. The Bertz CT molecular complexity index is 1060. The second kappa shape index (κ2) is 10.3. The monoisotopic (exact) mass is 480 g/mol. The molecule has 4 rings (SSSR count). The first-order valence-corrected chi connectivity index (χ1v) is 12.1. The van der Waals surface area contributed by atoms with Gasteiger partial charge in [-0.05, 0) is 32.3 Å². The number of nitrogens with one attached hydrogen (secondary N) is 1. The lowest BCUT2D eigenvalue weighted by Crippen LogP contribution is -2.47. The van der Waals surface area contributed by atoms with Crippen molar-refractivity contribution in [2.75, 3.05) is 39.3 Å². The van der Waals surface area contributed by atoms with Crippen LogP contribution < -0.4 is 5.32 Å². The number of carbonyl (C=O) groups excluding carboxylic acids is 4. The van der Waals surface area contributed by atoms with Crippen molar-refractivity contribution in [3.63, 3.8) is 0 Å². The minimum absolute atomic E-state index is 0.0767. The van der Waals surface area contributed by atoms with Gasteiger partial charge >= 0.3 is 12.0 Å². The number of hydrogen-bond donors (Lipinski definition) is 1. The van der Waals surface area contributed by atoms with Gasteiger partial charge in [0.2, 0.25) is 5.91 Å². The van der Waals surface area contributed by atoms with Crippen molar-refractivity contribution in [2.45, 2.75) is 32.7 Å². The first-order chi connectivity index (χ1) is 16.8. The lowest BCUT2D eigenvalue weighted by Gasteiger charge is -2.33. The van der Waals surface area contributed by atoms with Crippen LogP contribution in [0.5, 0.6) is 0 Å². The molecule has 0 spiro atoms. The third kappa shape index (κ3) is 4.94. The van der Waals surface area contributed by atoms with Crippen LogP contribution in [0.4, 0.5) is 4.79 Å². The molecule has 0 aliphatic carbocycles. The lowest BCUT2D eigenvalue weighted by molar-refractivity contribution is -0.151. The molecule has 1 atom stereocenters. The summed E-state index contributed by atoms with van der Waals surface area (Å²) < 4.78 is 5.10. The zero-order valence-corrected chi connectivity index (χ0v) is 20.3. The largest absolute Gasteiger partial charge is 0.466 e. The van der Waals surface area contributed by atoms with E-state index in [1.807, 2.05) is 31.2 Å². The highest BCUT2D eigenvalue weighted by Crippen LogP contribution is 2.36. The molecule has 35 heavy (non-hydrogen) atoms. The molecular formula is C26H32N4O5. The average molecular weight is 481 g/mol. The predicted octanol–water partition coefficient (Wildman–Crippen LogP) is 2.15. The molecule has 186 valence electrons. The highest BCUT2D eigenvalue weighted by atomic mass is 16.5. The van der Waals surface area contributed by atoms with E-state index in [0.29, 0.717) is 43.8 Å². The van der Waals surface area contributed by atoms with E-state index >= 15 is 0 Å². The number of carbonyl (C=O) groups is 4. The molecule has 0 bridgehead atoms. The fourth-order valence-corrected chi connectivity index (χ4v) is 4.90. The van der Waals surface area contributed by atoms with Crippen LogP contribution in [0.2, 0.25) is 0 Å². The van der Waals surface area contributed by atoms with E-state index in [-0.39, 0.29) is 49.4 Å². The van der Waals surface area contributed by atoms with E-state index in [0.717, 1.165) is 11.1 Å². The van der Waals surface area contributed by atoms with Gasteiger partial charge in [-0.15, -0.1) is 6.58 Å². The minimum Gasteiger partial charge on any atom is -0.466 e. The summed E-state index contributed by atoms with van der Waals surface area (Å²) >= 11 is 0. The topological polar surface area (TPSA) is 99.3 Å². The van der Waals surface area contributed by atoms with Crippen molar-refractivity contribution in [2.24, 2.45) is 5.92 Å². The number of rotatable bonds is 7. The van der Waals surface area contributed by atoms with Crippen molar-refractivity contribution in [3.05, 3.63) is 59.3 Å². The molecule has 3 aliphatic rings. The van der Waals surface area contributed by atoms with Crippen LogP contribution in [0.15, 0.2) is 48.2 Å². The Hall–Kier alpha value is -3.62. The summed E-state index contributed by atoms with van der Waals surface area (Å²) in [6, 6.07) is 6.83. The van der Waals surface area contributed by atoms with Crippen molar-refractivity contribution < 1.29 is 23.9 Å². The molecule has 9 heteroatoms. The van der Waals surface area contributed by atoms with Crippen molar-refractivity contribution in [3.8, 4) is 0 Å². The maximum atomic E-state index is 13.5. The third-order valence-corrected chi connectivity index (χ3v) is 6.81. The second-order valence-electron chi connectivity index (χ2n) is 9.12. The molecule has 1 N–H and O–H groups in total. The van der Waals surface area contributed by atoms with E-state index in [1.54, 1.807) is 17.9 Å². The van der Waals surface area contributed by atoms with E-state index in [4.69, 9.17) is 4.74 Å². The van der Waals surface area contributed by atoms with Gasteiger partial charge in [0.15, 0.2) is 0 Å². The van der Waals surface area contributed by atoms with Crippen LogP contribution in [0, 0.1) is 12.8 Å². The zero-order chi connectivity index (χ0) is 25.1. The standard InChI is InChI=1S/C26H32N4O5/c1-4-12-30-20-15-29(16-21(31)28-13-10-19(11-14-28)25(33)35-5-2)24(32)22(20)23(27-26(30)34)18-8-6-17(3)7-9-18/h4,6-9,19,23H,1,5,10-16H2,2-3H3,(H,27,34)/t23-/m0/s1. The Morgan fingerprint density at radius 2 is 1.86 bits per heavy atom. The van der Waals surface area contributed by atoms with Gasteiger partial charge in [0.25, 0.3) is 5.91 Å². The van der Waals surface area contributed by atoms with Gasteiger partial charge < -0.3 is 19.9 Å². The van der Waals surface area contributed by atoms with Crippen LogP contribution in [-0.2, 0) is 19.1 Å². The molecule has 1 aromatic rings. The summed E-state index contributed by atoms with van der Waals surface area (Å²) in [6.45, 7) is 9.10. The number of amides is 4. The zero-order valence-electron chi connectivity index (χ0n) is 20.3. The van der Waals surface area contributed by atoms with Gasteiger partial charge in [0.1, 0.15) is 6.54 Å². The second-order valence-corrected chi connectivity index (χ2v) is 9.12. The molecule has 1 fully saturated rings. The van der Waals surface area contributed by atoms with Crippen molar-refractivity contribution in [1.29, 1.82) is 0 Å². The number of hydrogen-bond acceptors (Lipinski definition) is 5. The summed E-state index contributed by atoms with van der Waals surface area (Å²) in [5.41, 5.74) is 2.99. The molecule has 9 nitrogen and oxygen atoms in total. The molecule has 0 saturated carbocycles. The summed E-state index contributed by atoms with van der Waals surface area (Å²) in [5, 5.41) is 2.95. The lowest BCUT2D eigenvalue weighted by atomic mass is 9.95. The minimum atomic E-state index is -0.577. The Balaban J connectivity index is 1.48. The number of benzene rings is 1. The van der Waals surface area contributed by atoms with E-state index in [2.05, 4.69) is 11.9 Å². The smallest absolute Gasteiger partial charge is 0.322 e. The fourth-order valence-electron chi connectivity index (χ4n) is 4.90. The number of aryl methyl sites for hydroxylation is 1. The highest BCUT2D eigenvalue weighted by Gasteiger charge is 2.44. The maximum absolute atomic E-state index is 13.5. The molecule has 1 aromatic carbocycles. The van der Waals surface area contributed by atoms with Gasteiger partial charge in [0, 0.05) is 19.6 Å². The quantitative estimate of drug-likeness (QED) is 0.476. The first kappa shape index (κ1) is 24.5. The normalized spacial score (nSPS) is 20.6. The van der Waals surface area contributed by atoms with Crippen molar-refractivity contribution >= 4 is 23.8 Å². The van der Waals surface area contributed by atoms with Gasteiger partial charge in [-0.25, -0.2) is 4.79 Å². The molecule has 4 amide bonds. The number of ether oxygens (including phenoxy) is 1. The SMILES string of the molecule is C=CCN1C(=O)N[C@@H](c2ccc(C)cc2)C2=C1CN(CC(=O)N1CCC(C(=O)OCC)CC1)C2=O. The average Bonchev–Trinajstić information content (AvgIpc) is 3.17. The summed E-state index contributed by atoms with van der Waals surface area (Å²) in [6.07, 6.45) is 2.71. The number of nitrogens with zero attached hydrogens (tertiary/aromatic N) is 3. The number of esters is 1. The van der Waals surface area contributed by atoms with Crippen molar-refractivity contribution in [1.82, 2.24) is 20.0 Å². The molecular weight excluding hydrogens is 448 g/mol. The van der Waals surface area contributed by atoms with Gasteiger partial charge in [-0.2, -0.15) is 0 Å². The van der Waals surface area contributed by atoms with Crippen LogP contribution >= 0.6 is 0 Å².